The molecule has 2 atom stereocenters. The number of aliphatic hydroxyl groups is 2. The molecule has 1 saturated heterocycles. The Bertz CT molecular complexity index is 425. The molecule has 0 radical (unpaired) electrons. The normalized spacial score (nSPS) is 23.4. The fourth-order valence-corrected chi connectivity index (χ4v) is 2.66. The zero-order valence-corrected chi connectivity index (χ0v) is 11.5. The molecule has 1 aliphatic heterocycles. The molecule has 1 aliphatic rings. The molecular formula is C13H17ClF3NO2. The van der Waals surface area contributed by atoms with Gasteiger partial charge in [0.05, 0.1) is 6.54 Å². The predicted octanol–water partition coefficient (Wildman–Crippen LogP) is -2.52. The van der Waals surface area contributed by atoms with Crippen molar-refractivity contribution in [1.29, 1.82) is 0 Å². The second kappa shape index (κ2) is 6.30. The highest BCUT2D eigenvalue weighted by molar-refractivity contribution is 5.13. The summed E-state index contributed by atoms with van der Waals surface area (Å²) >= 11 is 0. The third-order valence-electron chi connectivity index (χ3n) is 3.66. The lowest BCUT2D eigenvalue weighted by atomic mass is 10.0. The molecule has 7 heteroatoms. The molecule has 3 nitrogen and oxygen atoms in total. The number of alkyl halides is 3. The fourth-order valence-electron chi connectivity index (χ4n) is 2.66. The van der Waals surface area contributed by atoms with Crippen LogP contribution in [-0.4, -0.2) is 34.8 Å². The number of hydrogen-bond donors (Lipinski definition) is 3. The first-order valence-corrected chi connectivity index (χ1v) is 6.22. The summed E-state index contributed by atoms with van der Waals surface area (Å²) in [7, 11) is 0. The van der Waals surface area contributed by atoms with E-state index in [0.717, 1.165) is 5.56 Å². The number of quaternary nitrogens is 1. The number of benzene rings is 1. The van der Waals surface area contributed by atoms with Crippen LogP contribution < -0.4 is 17.3 Å². The van der Waals surface area contributed by atoms with Crippen molar-refractivity contribution < 1.29 is 40.7 Å². The fraction of sp³-hybridized carbons (Fsp3) is 0.538. The maximum Gasteiger partial charge on any atom is 0.449 e. The maximum atomic E-state index is 12.7. The molecule has 2 unspecified atom stereocenters. The number of rotatable bonds is 3. The largest absolute Gasteiger partial charge is 1.00 e. The summed E-state index contributed by atoms with van der Waals surface area (Å²) in [5.41, 5.74) is 0.891. The number of halogens is 4. The smallest absolute Gasteiger partial charge is 0.449 e. The molecule has 1 heterocycles. The van der Waals surface area contributed by atoms with Crippen LogP contribution in [0.5, 0.6) is 0 Å². The van der Waals surface area contributed by atoms with E-state index in [1.165, 1.54) is 0 Å². The van der Waals surface area contributed by atoms with Crippen molar-refractivity contribution in [1.82, 2.24) is 0 Å². The zero-order chi connectivity index (χ0) is 14.1. The molecule has 0 aliphatic carbocycles. The lowest BCUT2D eigenvalue weighted by Crippen LogP contribution is -3.15. The Hall–Kier alpha value is -0.820. The van der Waals surface area contributed by atoms with Crippen molar-refractivity contribution in [3.8, 4) is 0 Å². The lowest BCUT2D eigenvalue weighted by Gasteiger charge is -2.33. The third kappa shape index (κ3) is 3.44. The molecule has 0 bridgehead atoms. The van der Waals surface area contributed by atoms with Crippen molar-refractivity contribution in [2.24, 2.45) is 0 Å². The van der Waals surface area contributed by atoms with Crippen LogP contribution in [0, 0.1) is 0 Å². The highest BCUT2D eigenvalue weighted by atomic mass is 35.5. The Balaban J connectivity index is 0.00000200. The standard InChI is InChI=1S/C13H16F3NO2.ClH/c14-13(15,16)12(18,19)11-7-4-8-17(11)9-10-5-2-1-3-6-10;/h1-3,5-6,11,18-19H,4,7-9H2;1H. The molecular weight excluding hydrogens is 295 g/mol. The SMILES string of the molecule is OC(O)(C1CCC[NH+]1Cc1ccccc1)C(F)(F)F.[Cl-]. The monoisotopic (exact) mass is 311 g/mol. The second-order valence-electron chi connectivity index (χ2n) is 4.99. The van der Waals surface area contributed by atoms with E-state index in [4.69, 9.17) is 0 Å². The van der Waals surface area contributed by atoms with Crippen molar-refractivity contribution in [2.45, 2.75) is 37.4 Å². The summed E-state index contributed by atoms with van der Waals surface area (Å²) in [4.78, 5) is 0.563. The zero-order valence-electron chi connectivity index (χ0n) is 10.7. The minimum absolute atomic E-state index is 0. The minimum Gasteiger partial charge on any atom is -1.00 e. The van der Waals surface area contributed by atoms with E-state index >= 15 is 0 Å². The molecule has 0 saturated carbocycles. The van der Waals surface area contributed by atoms with Crippen LogP contribution in [0.25, 0.3) is 0 Å². The highest BCUT2D eigenvalue weighted by Gasteiger charge is 2.62. The number of nitrogens with one attached hydrogen (secondary N) is 1. The highest BCUT2D eigenvalue weighted by Crippen LogP contribution is 2.32. The van der Waals surface area contributed by atoms with Crippen LogP contribution in [0.1, 0.15) is 18.4 Å². The van der Waals surface area contributed by atoms with Crippen LogP contribution >= 0.6 is 0 Å². The first-order chi connectivity index (χ1) is 8.82. The van der Waals surface area contributed by atoms with Crippen LogP contribution in [0.4, 0.5) is 13.2 Å². The number of hydrogen-bond acceptors (Lipinski definition) is 2. The Morgan fingerprint density at radius 2 is 1.75 bits per heavy atom. The molecule has 0 aromatic heterocycles. The van der Waals surface area contributed by atoms with Gasteiger partial charge in [-0.25, -0.2) is 0 Å². The average Bonchev–Trinajstić information content (AvgIpc) is 2.77. The molecule has 1 aromatic rings. The van der Waals surface area contributed by atoms with E-state index in [1.807, 2.05) is 30.3 Å². The van der Waals surface area contributed by atoms with Crippen molar-refractivity contribution in [3.63, 3.8) is 0 Å². The summed E-state index contributed by atoms with van der Waals surface area (Å²) in [6, 6.07) is 7.88. The van der Waals surface area contributed by atoms with Gasteiger partial charge in [0.2, 0.25) is 0 Å². The summed E-state index contributed by atoms with van der Waals surface area (Å²) in [5.74, 6) is -3.62. The Morgan fingerprint density at radius 1 is 1.15 bits per heavy atom. The Labute approximate surface area is 121 Å². The Morgan fingerprint density at radius 3 is 2.30 bits per heavy atom. The minimum atomic E-state index is -5.02. The first kappa shape index (κ1) is 17.2. The van der Waals surface area contributed by atoms with Crippen molar-refractivity contribution >= 4 is 0 Å². The van der Waals surface area contributed by atoms with Gasteiger partial charge in [-0.05, 0) is 0 Å². The van der Waals surface area contributed by atoms with E-state index in [2.05, 4.69) is 0 Å². The van der Waals surface area contributed by atoms with Crippen molar-refractivity contribution in [3.05, 3.63) is 35.9 Å². The molecule has 1 fully saturated rings. The van der Waals surface area contributed by atoms with Crippen LogP contribution in [-0.2, 0) is 6.54 Å². The molecule has 0 amide bonds. The van der Waals surface area contributed by atoms with Gasteiger partial charge in [0.15, 0.2) is 6.04 Å². The van der Waals surface area contributed by atoms with E-state index in [1.54, 1.807) is 0 Å². The van der Waals surface area contributed by atoms with Gasteiger partial charge in [-0.2, -0.15) is 13.2 Å². The van der Waals surface area contributed by atoms with Crippen molar-refractivity contribution in [2.75, 3.05) is 6.54 Å². The quantitative estimate of drug-likeness (QED) is 0.540. The molecule has 2 rings (SSSR count). The van der Waals surface area contributed by atoms with Gasteiger partial charge < -0.3 is 27.5 Å². The Kier molecular flexibility index (Phi) is 5.43. The molecule has 114 valence electrons. The number of likely N-dealkylation sites (tertiary alicyclic amines) is 1. The summed E-state index contributed by atoms with van der Waals surface area (Å²) in [6.45, 7) is 0.878. The predicted molar refractivity (Wildman–Crippen MR) is 62.2 cm³/mol. The van der Waals surface area contributed by atoms with Gasteiger partial charge in [-0.15, -0.1) is 0 Å². The summed E-state index contributed by atoms with van der Waals surface area (Å²) in [6.07, 6.45) is -4.30. The van der Waals surface area contributed by atoms with Gasteiger partial charge in [0.25, 0.3) is 0 Å². The topological polar surface area (TPSA) is 44.9 Å². The van der Waals surface area contributed by atoms with Gasteiger partial charge >= 0.3 is 12.0 Å². The third-order valence-corrected chi connectivity index (χ3v) is 3.66. The molecule has 1 aromatic carbocycles. The molecule has 0 spiro atoms. The van der Waals surface area contributed by atoms with Gasteiger partial charge in [0, 0.05) is 18.4 Å². The average molecular weight is 312 g/mol. The maximum absolute atomic E-state index is 12.7. The summed E-state index contributed by atoms with van der Waals surface area (Å²) in [5, 5.41) is 18.8. The van der Waals surface area contributed by atoms with Gasteiger partial charge in [-0.1, -0.05) is 30.3 Å². The van der Waals surface area contributed by atoms with Gasteiger partial charge in [-0.3, -0.25) is 0 Å². The second-order valence-corrected chi connectivity index (χ2v) is 4.99. The van der Waals surface area contributed by atoms with Crippen LogP contribution in [0.3, 0.4) is 0 Å². The van der Waals surface area contributed by atoms with Gasteiger partial charge in [0.1, 0.15) is 6.54 Å². The first-order valence-electron chi connectivity index (χ1n) is 6.22. The van der Waals surface area contributed by atoms with E-state index in [9.17, 15) is 23.4 Å². The molecule has 3 N–H and O–H groups in total. The molecule has 20 heavy (non-hydrogen) atoms. The van der Waals surface area contributed by atoms with E-state index in [-0.39, 0.29) is 18.8 Å². The van der Waals surface area contributed by atoms with E-state index in [0.29, 0.717) is 24.4 Å². The van der Waals surface area contributed by atoms with E-state index < -0.39 is 18.0 Å². The van der Waals surface area contributed by atoms with Crippen LogP contribution in [0.2, 0.25) is 0 Å². The van der Waals surface area contributed by atoms with Crippen LogP contribution in [0.15, 0.2) is 30.3 Å². The summed E-state index contributed by atoms with van der Waals surface area (Å²) < 4.78 is 38.1. The lowest BCUT2D eigenvalue weighted by molar-refractivity contribution is -0.939.